The monoisotopic (exact) mass is 382 g/mol. The summed E-state index contributed by atoms with van der Waals surface area (Å²) in [6.45, 7) is 14.3. The van der Waals surface area contributed by atoms with E-state index >= 15 is 0 Å². The van der Waals surface area contributed by atoms with Gasteiger partial charge >= 0.3 is 0 Å². The molecular weight excluding hydrogens is 348 g/mol. The summed E-state index contributed by atoms with van der Waals surface area (Å²) in [5.41, 5.74) is 7.76. The molecule has 1 aromatic carbocycles. The molecule has 2 aliphatic rings. The molecule has 0 radical (unpaired) electrons. The molecule has 1 fully saturated rings. The van der Waals surface area contributed by atoms with Crippen molar-refractivity contribution in [2.24, 2.45) is 5.92 Å². The number of aliphatic hydroxyl groups is 1. The molecule has 28 heavy (non-hydrogen) atoms. The molecule has 0 unspecified atom stereocenters. The van der Waals surface area contributed by atoms with Gasteiger partial charge in [-0.2, -0.15) is 5.10 Å². The van der Waals surface area contributed by atoms with Crippen LogP contribution in [-0.2, 0) is 32.8 Å². The summed E-state index contributed by atoms with van der Waals surface area (Å²) in [4.78, 5) is 5.13. The van der Waals surface area contributed by atoms with Crippen molar-refractivity contribution in [3.05, 3.63) is 51.8 Å². The Morgan fingerprint density at radius 3 is 2.32 bits per heavy atom. The Kier molecular flexibility index (Phi) is 5.85. The van der Waals surface area contributed by atoms with Gasteiger partial charge in [-0.3, -0.25) is 14.5 Å². The average Bonchev–Trinajstić information content (AvgIpc) is 3.10. The first kappa shape index (κ1) is 19.6. The van der Waals surface area contributed by atoms with Crippen LogP contribution in [0, 0.1) is 19.8 Å². The number of aromatic nitrogens is 2. The Morgan fingerprint density at radius 2 is 1.64 bits per heavy atom. The van der Waals surface area contributed by atoms with Crippen LogP contribution in [0.15, 0.2) is 18.2 Å². The molecular formula is C23H34N4O. The van der Waals surface area contributed by atoms with Gasteiger partial charge in [0.05, 0.1) is 24.5 Å². The van der Waals surface area contributed by atoms with Gasteiger partial charge in [0.15, 0.2) is 0 Å². The number of benzene rings is 1. The predicted molar refractivity (Wildman–Crippen MR) is 112 cm³/mol. The molecule has 1 N–H and O–H groups in total. The van der Waals surface area contributed by atoms with Crippen molar-refractivity contribution in [3.8, 4) is 0 Å². The highest BCUT2D eigenvalue weighted by Crippen LogP contribution is 2.24. The third kappa shape index (κ3) is 4.32. The van der Waals surface area contributed by atoms with E-state index in [-0.39, 0.29) is 6.61 Å². The first-order valence-corrected chi connectivity index (χ1v) is 10.7. The van der Waals surface area contributed by atoms with E-state index in [0.29, 0.717) is 0 Å². The quantitative estimate of drug-likeness (QED) is 0.862. The van der Waals surface area contributed by atoms with Crippen LogP contribution in [0.2, 0.25) is 0 Å². The minimum absolute atomic E-state index is 0.0234. The maximum absolute atomic E-state index is 9.34. The lowest BCUT2D eigenvalue weighted by molar-refractivity contribution is 0.184. The molecule has 152 valence electrons. The van der Waals surface area contributed by atoms with Gasteiger partial charge in [0.1, 0.15) is 0 Å². The maximum Gasteiger partial charge on any atom is 0.0882 e. The number of nitrogens with zero attached hydrogens (tertiary/aromatic N) is 4. The molecule has 5 heteroatoms. The molecule has 0 atom stereocenters. The summed E-state index contributed by atoms with van der Waals surface area (Å²) >= 11 is 0. The summed E-state index contributed by atoms with van der Waals surface area (Å²) in [6, 6.07) is 6.79. The summed E-state index contributed by atoms with van der Waals surface area (Å²) in [5, 5.41) is 13.8. The number of aryl methyl sites for hydroxylation is 1. The normalized spacial score (nSPS) is 19.1. The van der Waals surface area contributed by atoms with Crippen LogP contribution in [0.4, 0.5) is 0 Å². The van der Waals surface area contributed by atoms with Crippen LogP contribution < -0.4 is 0 Å². The third-order valence-corrected chi connectivity index (χ3v) is 6.52. The second kappa shape index (κ2) is 8.36. The van der Waals surface area contributed by atoms with Gasteiger partial charge in [0, 0.05) is 26.2 Å². The van der Waals surface area contributed by atoms with Gasteiger partial charge in [0.25, 0.3) is 0 Å². The predicted octanol–water partition coefficient (Wildman–Crippen LogP) is 3.24. The molecule has 0 bridgehead atoms. The van der Waals surface area contributed by atoms with Crippen molar-refractivity contribution in [2.75, 3.05) is 19.6 Å². The van der Waals surface area contributed by atoms with Gasteiger partial charge in [-0.25, -0.2) is 0 Å². The molecule has 5 nitrogen and oxygen atoms in total. The number of fused-ring (bicyclic) bond motifs is 1. The molecule has 2 aromatic rings. The van der Waals surface area contributed by atoms with Crippen LogP contribution in [-0.4, -0.2) is 44.3 Å². The fraction of sp³-hybridized carbons (Fsp3) is 0.609. The van der Waals surface area contributed by atoms with Crippen molar-refractivity contribution in [3.63, 3.8) is 0 Å². The lowest BCUT2D eigenvalue weighted by atomic mass is 9.95. The van der Waals surface area contributed by atoms with Crippen LogP contribution in [0.25, 0.3) is 0 Å². The van der Waals surface area contributed by atoms with Crippen molar-refractivity contribution in [2.45, 2.75) is 66.4 Å². The summed E-state index contributed by atoms with van der Waals surface area (Å²) in [6.07, 6.45) is 2.66. The molecule has 0 amide bonds. The molecule has 0 spiro atoms. The van der Waals surface area contributed by atoms with E-state index in [2.05, 4.69) is 47.8 Å². The number of piperidine rings is 1. The lowest BCUT2D eigenvalue weighted by Gasteiger charge is -2.31. The van der Waals surface area contributed by atoms with E-state index in [1.807, 2.05) is 10.7 Å². The van der Waals surface area contributed by atoms with E-state index in [9.17, 15) is 5.11 Å². The number of hydrogen-bond donors (Lipinski definition) is 1. The molecule has 4 rings (SSSR count). The zero-order valence-corrected chi connectivity index (χ0v) is 17.6. The fourth-order valence-corrected chi connectivity index (χ4v) is 4.64. The number of likely N-dealkylation sites (tertiary alicyclic amines) is 1. The Labute approximate surface area is 169 Å². The second-order valence-corrected chi connectivity index (χ2v) is 8.89. The number of rotatable bonds is 5. The highest BCUT2D eigenvalue weighted by Gasteiger charge is 2.21. The SMILES string of the molecule is Cc1cc(CN2CCC(C)CC2)c(C)c(CN2CCn3nc(CO)cc3C2)c1. The molecule has 1 aromatic heterocycles. The van der Waals surface area contributed by atoms with E-state index in [1.165, 1.54) is 53.9 Å². The standard InChI is InChI=1S/C23H34N4O/c1-17-4-6-25(7-5-17)13-20-10-18(2)11-21(19(20)3)14-26-8-9-27-23(15-26)12-22(16-28)24-27/h10-12,17,28H,4-9,13-16H2,1-3H3. The zero-order chi connectivity index (χ0) is 19.7. The Bertz CT molecular complexity index is 820. The zero-order valence-electron chi connectivity index (χ0n) is 17.6. The minimum Gasteiger partial charge on any atom is -0.390 e. The summed E-state index contributed by atoms with van der Waals surface area (Å²) in [7, 11) is 0. The largest absolute Gasteiger partial charge is 0.390 e. The highest BCUT2D eigenvalue weighted by atomic mass is 16.3. The van der Waals surface area contributed by atoms with Crippen LogP contribution in [0.5, 0.6) is 0 Å². The van der Waals surface area contributed by atoms with Crippen molar-refractivity contribution < 1.29 is 5.11 Å². The lowest BCUT2D eigenvalue weighted by Crippen LogP contribution is -2.34. The summed E-state index contributed by atoms with van der Waals surface area (Å²) in [5.74, 6) is 0.879. The van der Waals surface area contributed by atoms with Crippen molar-refractivity contribution >= 4 is 0 Å². The van der Waals surface area contributed by atoms with Crippen molar-refractivity contribution in [1.82, 2.24) is 19.6 Å². The molecule has 0 saturated carbocycles. The van der Waals surface area contributed by atoms with Gasteiger partial charge in [-0.05, 0) is 68.5 Å². The Morgan fingerprint density at radius 1 is 0.964 bits per heavy atom. The van der Waals surface area contributed by atoms with E-state index in [4.69, 9.17) is 0 Å². The first-order valence-electron chi connectivity index (χ1n) is 10.7. The van der Waals surface area contributed by atoms with E-state index < -0.39 is 0 Å². The van der Waals surface area contributed by atoms with Gasteiger partial charge in [0.2, 0.25) is 0 Å². The topological polar surface area (TPSA) is 44.5 Å². The molecule has 3 heterocycles. The van der Waals surface area contributed by atoms with Crippen LogP contribution >= 0.6 is 0 Å². The van der Waals surface area contributed by atoms with Crippen LogP contribution in [0.1, 0.15) is 53.4 Å². The third-order valence-electron chi connectivity index (χ3n) is 6.52. The van der Waals surface area contributed by atoms with Gasteiger partial charge in [-0.15, -0.1) is 0 Å². The molecule has 2 aliphatic heterocycles. The van der Waals surface area contributed by atoms with Crippen LogP contribution in [0.3, 0.4) is 0 Å². The van der Waals surface area contributed by atoms with E-state index in [1.54, 1.807) is 0 Å². The number of hydrogen-bond acceptors (Lipinski definition) is 4. The molecule has 1 saturated heterocycles. The average molecular weight is 383 g/mol. The van der Waals surface area contributed by atoms with E-state index in [0.717, 1.165) is 44.3 Å². The Balaban J connectivity index is 1.46. The summed E-state index contributed by atoms with van der Waals surface area (Å²) < 4.78 is 2.05. The van der Waals surface area contributed by atoms with Crippen molar-refractivity contribution in [1.29, 1.82) is 0 Å². The maximum atomic E-state index is 9.34. The smallest absolute Gasteiger partial charge is 0.0882 e. The molecule has 0 aliphatic carbocycles. The van der Waals surface area contributed by atoms with Gasteiger partial charge < -0.3 is 5.11 Å². The fourth-order valence-electron chi connectivity index (χ4n) is 4.64. The Hall–Kier alpha value is -1.69. The first-order chi connectivity index (χ1) is 13.5. The number of aliphatic hydroxyl groups excluding tert-OH is 1. The minimum atomic E-state index is 0.0234. The van der Waals surface area contributed by atoms with Gasteiger partial charge in [-0.1, -0.05) is 24.6 Å². The highest BCUT2D eigenvalue weighted by molar-refractivity contribution is 5.38. The second-order valence-electron chi connectivity index (χ2n) is 8.89.